The zero-order chi connectivity index (χ0) is 24.1. The summed E-state index contributed by atoms with van der Waals surface area (Å²) in [6, 6.07) is 13.6. The number of ether oxygens (including phenoxy) is 1. The highest BCUT2D eigenvalue weighted by molar-refractivity contribution is 5.90. The number of anilines is 2. The molecular formula is C25H28N6O3. The molecule has 1 aliphatic rings. The Balaban J connectivity index is 1.42. The van der Waals surface area contributed by atoms with Gasteiger partial charge in [0, 0.05) is 41.6 Å². The average Bonchev–Trinajstić information content (AvgIpc) is 3.47. The van der Waals surface area contributed by atoms with Crippen molar-refractivity contribution in [1.82, 2.24) is 9.88 Å². The second kappa shape index (κ2) is 10.3. The van der Waals surface area contributed by atoms with Crippen LogP contribution < -0.4 is 21.1 Å². The molecule has 1 aliphatic heterocycles. The molecule has 3 aromatic rings. The second-order valence-electron chi connectivity index (χ2n) is 8.27. The van der Waals surface area contributed by atoms with E-state index < -0.39 is 18.2 Å². The van der Waals surface area contributed by atoms with Gasteiger partial charge in [0.1, 0.15) is 11.8 Å². The zero-order valence-corrected chi connectivity index (χ0v) is 19.0. The highest BCUT2D eigenvalue weighted by Crippen LogP contribution is 2.26. The van der Waals surface area contributed by atoms with Gasteiger partial charge in [0.15, 0.2) is 0 Å². The molecule has 2 heterocycles. The van der Waals surface area contributed by atoms with Crippen LogP contribution in [0.4, 0.5) is 16.2 Å². The van der Waals surface area contributed by atoms with Gasteiger partial charge < -0.3 is 25.7 Å². The molecule has 4 rings (SSSR count). The quantitative estimate of drug-likeness (QED) is 0.425. The van der Waals surface area contributed by atoms with Crippen molar-refractivity contribution in [2.45, 2.75) is 38.3 Å². The minimum absolute atomic E-state index is 0.217. The van der Waals surface area contributed by atoms with Gasteiger partial charge in [-0.1, -0.05) is 0 Å². The number of H-pyrrole nitrogens is 1. The maximum Gasteiger partial charge on any atom is 0.417 e. The number of hydrogen-bond acceptors (Lipinski definition) is 6. The maximum absolute atomic E-state index is 12.8. The molecule has 9 heteroatoms. The third-order valence-electron chi connectivity index (χ3n) is 5.90. The van der Waals surface area contributed by atoms with Crippen molar-refractivity contribution < 1.29 is 14.3 Å². The summed E-state index contributed by atoms with van der Waals surface area (Å²) in [5.74, 6) is 0.157. The van der Waals surface area contributed by atoms with E-state index in [-0.39, 0.29) is 5.91 Å². The number of nitrogens with two attached hydrogens (primary N) is 1. The summed E-state index contributed by atoms with van der Waals surface area (Å²) in [5, 5.41) is 16.0. The van der Waals surface area contributed by atoms with Crippen LogP contribution in [0.15, 0.2) is 48.7 Å². The van der Waals surface area contributed by atoms with Crippen LogP contribution in [0.2, 0.25) is 0 Å². The number of fused-ring (bicyclic) bond motifs is 1. The monoisotopic (exact) mass is 460 g/mol. The van der Waals surface area contributed by atoms with Crippen molar-refractivity contribution in [1.29, 1.82) is 5.26 Å². The minimum atomic E-state index is -0.758. The Labute approximate surface area is 197 Å². The first-order valence-electron chi connectivity index (χ1n) is 11.4. The number of carbonyl (C=O) groups is 2. The van der Waals surface area contributed by atoms with Crippen molar-refractivity contribution in [3.05, 3.63) is 54.2 Å². The number of hydrogen-bond donors (Lipinski definition) is 4. The number of carbonyl (C=O) groups excluding carboxylic acids is 2. The number of likely N-dealkylation sites (tertiary alicyclic amines) is 1. The third kappa shape index (κ3) is 5.13. The summed E-state index contributed by atoms with van der Waals surface area (Å²) >= 11 is 0. The summed E-state index contributed by atoms with van der Waals surface area (Å²) < 4.78 is 5.47. The predicted octanol–water partition coefficient (Wildman–Crippen LogP) is 3.59. The summed E-state index contributed by atoms with van der Waals surface area (Å²) in [6.45, 7) is 3.39. The van der Waals surface area contributed by atoms with E-state index in [0.29, 0.717) is 30.8 Å². The van der Waals surface area contributed by atoms with Crippen molar-refractivity contribution in [2.24, 2.45) is 5.73 Å². The van der Waals surface area contributed by atoms with E-state index in [1.165, 1.54) is 0 Å². The Bertz CT molecular complexity index is 1210. The number of rotatable bonds is 7. The molecule has 1 saturated heterocycles. The number of nitrogens with one attached hydrogen (secondary N) is 3. The van der Waals surface area contributed by atoms with Gasteiger partial charge in [0.05, 0.1) is 12.1 Å². The van der Waals surface area contributed by atoms with E-state index in [9.17, 15) is 14.9 Å². The molecule has 9 nitrogen and oxygen atoms in total. The van der Waals surface area contributed by atoms with Crippen LogP contribution in [0.25, 0.3) is 10.9 Å². The molecule has 1 fully saturated rings. The van der Waals surface area contributed by atoms with E-state index in [2.05, 4.69) is 21.7 Å². The Kier molecular flexibility index (Phi) is 6.99. The minimum Gasteiger partial charge on any atom is -0.410 e. The number of aromatic amines is 1. The highest BCUT2D eigenvalue weighted by Gasteiger charge is 2.31. The molecule has 2 amide bonds. The molecule has 5 N–H and O–H groups in total. The first kappa shape index (κ1) is 23.1. The molecule has 2 aromatic carbocycles. The molecule has 0 saturated carbocycles. The first-order valence-corrected chi connectivity index (χ1v) is 11.4. The fourth-order valence-corrected chi connectivity index (χ4v) is 4.22. The number of benzene rings is 2. The molecule has 176 valence electrons. The smallest absolute Gasteiger partial charge is 0.410 e. The summed E-state index contributed by atoms with van der Waals surface area (Å²) in [7, 11) is 0. The number of nitrogens with zero attached hydrogens (tertiary/aromatic N) is 2. The Morgan fingerprint density at radius 3 is 2.76 bits per heavy atom. The van der Waals surface area contributed by atoms with Crippen LogP contribution >= 0.6 is 0 Å². The van der Waals surface area contributed by atoms with E-state index in [1.54, 1.807) is 35.4 Å². The van der Waals surface area contributed by atoms with Crippen molar-refractivity contribution in [3.63, 3.8) is 0 Å². The van der Waals surface area contributed by atoms with Gasteiger partial charge >= 0.3 is 6.09 Å². The van der Waals surface area contributed by atoms with Gasteiger partial charge in [-0.15, -0.1) is 0 Å². The lowest BCUT2D eigenvalue weighted by Crippen LogP contribution is -2.46. The lowest BCUT2D eigenvalue weighted by atomic mass is 10.0. The SMILES string of the molecule is CCNc1ccc(NC(=O)Oc2ccc3[nH]cc(C[C@H](N)C(=O)N4CCCC4C#N)c3c2)cc1. The second-order valence-corrected chi connectivity index (χ2v) is 8.27. The van der Waals surface area contributed by atoms with E-state index >= 15 is 0 Å². The van der Waals surface area contributed by atoms with Crippen molar-refractivity contribution in [2.75, 3.05) is 23.7 Å². The van der Waals surface area contributed by atoms with Gasteiger partial charge in [-0.2, -0.15) is 5.26 Å². The van der Waals surface area contributed by atoms with Crippen molar-refractivity contribution >= 4 is 34.3 Å². The fraction of sp³-hybridized carbons (Fsp3) is 0.320. The normalized spacial score (nSPS) is 16.1. The Hall–Kier alpha value is -4.03. The largest absolute Gasteiger partial charge is 0.417 e. The van der Waals surface area contributed by atoms with Crippen LogP contribution in [0.1, 0.15) is 25.3 Å². The first-order chi connectivity index (χ1) is 16.5. The lowest BCUT2D eigenvalue weighted by Gasteiger charge is -2.23. The van der Waals surface area contributed by atoms with Crippen LogP contribution in [-0.2, 0) is 11.2 Å². The van der Waals surface area contributed by atoms with E-state index in [0.717, 1.165) is 35.1 Å². The van der Waals surface area contributed by atoms with Gasteiger partial charge in [0.25, 0.3) is 0 Å². The standard InChI is InChI=1S/C25H28N6O3/c1-2-28-17-5-7-18(8-6-17)30-25(33)34-20-9-10-23-21(13-20)16(15-29-23)12-22(27)24(32)31-11-3-4-19(31)14-26/h5-10,13,15,19,22,28-29H,2-4,11-12,27H2,1H3,(H,30,33)/t19?,22-/m0/s1. The van der Waals surface area contributed by atoms with Gasteiger partial charge in [-0.05, 0) is 74.2 Å². The molecule has 0 bridgehead atoms. The summed E-state index contributed by atoms with van der Waals surface area (Å²) in [5.41, 5.74) is 9.49. The molecule has 34 heavy (non-hydrogen) atoms. The van der Waals surface area contributed by atoms with Gasteiger partial charge in [-0.25, -0.2) is 4.79 Å². The molecule has 0 spiro atoms. The van der Waals surface area contributed by atoms with E-state index in [1.807, 2.05) is 25.1 Å². The molecular weight excluding hydrogens is 432 g/mol. The third-order valence-corrected chi connectivity index (χ3v) is 5.90. The molecule has 0 radical (unpaired) electrons. The number of aromatic nitrogens is 1. The summed E-state index contributed by atoms with van der Waals surface area (Å²) in [4.78, 5) is 29.9. The van der Waals surface area contributed by atoms with Crippen LogP contribution in [-0.4, -0.2) is 47.1 Å². The highest BCUT2D eigenvalue weighted by atomic mass is 16.6. The predicted molar refractivity (Wildman–Crippen MR) is 131 cm³/mol. The number of amides is 2. The molecule has 0 aliphatic carbocycles. The fourth-order valence-electron chi connectivity index (χ4n) is 4.22. The summed E-state index contributed by atoms with van der Waals surface area (Å²) in [6.07, 6.45) is 3.01. The van der Waals surface area contributed by atoms with Crippen LogP contribution in [0, 0.1) is 11.3 Å². The lowest BCUT2D eigenvalue weighted by molar-refractivity contribution is -0.132. The zero-order valence-electron chi connectivity index (χ0n) is 19.0. The molecule has 2 atom stereocenters. The molecule has 1 aromatic heterocycles. The van der Waals surface area contributed by atoms with Crippen LogP contribution in [0.5, 0.6) is 5.75 Å². The van der Waals surface area contributed by atoms with Gasteiger partial charge in [-0.3, -0.25) is 10.1 Å². The van der Waals surface area contributed by atoms with Crippen molar-refractivity contribution in [3.8, 4) is 11.8 Å². The Morgan fingerprint density at radius 1 is 1.26 bits per heavy atom. The number of nitriles is 1. The van der Waals surface area contributed by atoms with E-state index in [4.69, 9.17) is 10.5 Å². The van der Waals surface area contributed by atoms with Gasteiger partial charge in [0.2, 0.25) is 5.91 Å². The topological polar surface area (TPSA) is 136 Å². The maximum atomic E-state index is 12.8. The molecule has 1 unspecified atom stereocenters. The van der Waals surface area contributed by atoms with Crippen LogP contribution in [0.3, 0.4) is 0 Å². The average molecular weight is 461 g/mol. The Morgan fingerprint density at radius 2 is 2.03 bits per heavy atom.